The zero-order valence-electron chi connectivity index (χ0n) is 61.9. The fourth-order valence-corrected chi connectivity index (χ4v) is 13.7. The smallest absolute Gasteiger partial charge is 0.187 e. The summed E-state index contributed by atoms with van der Waals surface area (Å²) < 4.78 is 127. The normalized spacial score (nSPS) is 45.2. The first-order valence-corrected chi connectivity index (χ1v) is 37.1. The number of hydrogen-bond donors (Lipinski definition) is 21. The van der Waals surface area contributed by atoms with Crippen molar-refractivity contribution in [2.24, 2.45) is 5.92 Å². The maximum Gasteiger partial charge on any atom is 0.187 e. The minimum atomic E-state index is -2.24. The predicted octanol–water partition coefficient (Wildman–Crippen LogP) is -11.0. The molecule has 24 rings (SSSR count). The highest BCUT2D eigenvalue weighted by Gasteiger charge is 2.59. The van der Waals surface area contributed by atoms with Gasteiger partial charge in [-0.15, -0.1) is 0 Å². The first-order chi connectivity index (χ1) is 51.6. The number of aliphatic hydroxyl groups is 21. The molecule has 42 atom stereocenters. The first-order valence-electron chi connectivity index (χ1n) is 37.1. The van der Waals surface area contributed by atoms with E-state index in [-0.39, 0.29) is 78.7 Å². The Morgan fingerprint density at radius 2 is 0.413 bits per heavy atom. The molecule has 24 fully saturated rings. The second-order valence-corrected chi connectivity index (χ2v) is 29.5. The van der Waals surface area contributed by atoms with Crippen LogP contribution in [0.1, 0.15) is 67.7 Å². The van der Waals surface area contributed by atoms with E-state index in [2.05, 4.69) is 0 Å². The Morgan fingerprint density at radius 3 is 0.633 bits per heavy atom. The van der Waals surface area contributed by atoms with Crippen molar-refractivity contribution in [3.63, 3.8) is 0 Å². The summed E-state index contributed by atoms with van der Waals surface area (Å²) in [5.41, 5.74) is 0. The zero-order chi connectivity index (χ0) is 79.8. The van der Waals surface area contributed by atoms with Crippen LogP contribution in [0, 0.1) is 5.92 Å². The summed E-state index contributed by atoms with van der Waals surface area (Å²) in [5, 5.41) is 239. The van der Waals surface area contributed by atoms with Gasteiger partial charge in [0.2, 0.25) is 0 Å². The summed E-state index contributed by atoms with van der Waals surface area (Å²) in [6.07, 6.45) is -71.5. The summed E-state index contributed by atoms with van der Waals surface area (Å²) in [6.45, 7) is 3.53. The second-order valence-electron chi connectivity index (χ2n) is 29.5. The molecule has 0 aromatic heterocycles. The van der Waals surface area contributed by atoms with Crippen molar-refractivity contribution in [1.82, 2.24) is 0 Å². The molecule has 0 aromatic rings. The molecule has 0 amide bonds. The van der Waals surface area contributed by atoms with E-state index < -0.39 is 297 Å². The fourth-order valence-electron chi connectivity index (χ4n) is 13.7. The summed E-state index contributed by atoms with van der Waals surface area (Å²) in [5.74, 6) is -0.968. The number of rotatable bonds is 28. The lowest BCUT2D eigenvalue weighted by atomic mass is 9.85. The van der Waals surface area contributed by atoms with Gasteiger partial charge in [-0.2, -0.15) is 0 Å². The first kappa shape index (κ1) is 92.8. The van der Waals surface area contributed by atoms with Crippen molar-refractivity contribution in [3.05, 3.63) is 0 Å². The van der Waals surface area contributed by atoms with Crippen molar-refractivity contribution in [2.75, 3.05) is 99.1 Å². The van der Waals surface area contributed by atoms with Gasteiger partial charge in [-0.1, -0.05) is 6.42 Å². The van der Waals surface area contributed by atoms with Crippen LogP contribution in [0.15, 0.2) is 0 Å². The largest absolute Gasteiger partial charge is 0.391 e. The van der Waals surface area contributed by atoms with Crippen LogP contribution in [0.25, 0.3) is 0 Å². The van der Waals surface area contributed by atoms with Crippen LogP contribution in [0.2, 0.25) is 0 Å². The van der Waals surface area contributed by atoms with Crippen LogP contribution >= 0.6 is 0 Å². The van der Waals surface area contributed by atoms with Gasteiger partial charge in [0.1, 0.15) is 153 Å². The second kappa shape index (κ2) is 44.2. The van der Waals surface area contributed by atoms with Crippen LogP contribution in [0.3, 0.4) is 0 Å². The van der Waals surface area contributed by atoms with Crippen molar-refractivity contribution in [1.29, 1.82) is 0 Å². The van der Waals surface area contributed by atoms with E-state index in [9.17, 15) is 107 Å². The van der Waals surface area contributed by atoms with E-state index in [0.29, 0.717) is 0 Å². The summed E-state index contributed by atoms with van der Waals surface area (Å²) in [6, 6.07) is 0. The molecule has 24 aliphatic heterocycles. The molecule has 0 spiro atoms. The molecule has 0 aliphatic carbocycles. The highest BCUT2D eigenvalue weighted by atomic mass is 16.8. The molecule has 42 nitrogen and oxygen atoms in total. The lowest BCUT2D eigenvalue weighted by Crippen LogP contribution is -2.68. The van der Waals surface area contributed by atoms with Gasteiger partial charge in [0.25, 0.3) is 0 Å². The zero-order valence-corrected chi connectivity index (χ0v) is 61.9. The van der Waals surface area contributed by atoms with Gasteiger partial charge in [0, 0.05) is 12.5 Å². The lowest BCUT2D eigenvalue weighted by Gasteiger charge is -2.50. The SMILES string of the molecule is CC(O)COCC1OC2OC3C(COCC(C)O)OC(OC4C(COCC(C)O)OC(OC5C(COCC(C)O)OC(OC6C(COCC(C)O)OC(OC7C(COCC(C)O)OC(OC8C(COCC(C)O)OC(OCCCCC1C(O)C2O)C(O)C8O)C(O)C7O)C(O)C6O)C(O)C5O)C(O)C4O)C(O)C3O. The van der Waals surface area contributed by atoms with E-state index in [1.54, 1.807) is 0 Å². The summed E-state index contributed by atoms with van der Waals surface area (Å²) in [4.78, 5) is 0. The van der Waals surface area contributed by atoms with Crippen LogP contribution < -0.4 is 0 Å². The average molecular weight is 1600 g/mol. The molecular weight excluding hydrogens is 1480 g/mol. The topological polar surface area (TPSA) is 619 Å². The van der Waals surface area contributed by atoms with Crippen LogP contribution in [-0.4, -0.2) is 458 Å². The molecule has 24 heterocycles. The Bertz CT molecular complexity index is 2520. The number of hydrogen-bond acceptors (Lipinski definition) is 42. The van der Waals surface area contributed by atoms with Crippen molar-refractivity contribution < 1.29 is 207 Å². The van der Waals surface area contributed by atoms with Gasteiger partial charge < -0.3 is 207 Å². The highest BCUT2D eigenvalue weighted by molar-refractivity contribution is 5.02. The van der Waals surface area contributed by atoms with Crippen molar-refractivity contribution in [2.45, 2.75) is 319 Å². The maximum absolute atomic E-state index is 12.1. The fraction of sp³-hybridized carbons (Fsp3) is 1.00. The molecule has 21 N–H and O–H groups in total. The Morgan fingerprint density at radius 1 is 0.229 bits per heavy atom. The molecule has 42 heteroatoms. The predicted molar refractivity (Wildman–Crippen MR) is 355 cm³/mol. The highest BCUT2D eigenvalue weighted by Crippen LogP contribution is 2.40. The van der Waals surface area contributed by atoms with Crippen molar-refractivity contribution in [3.8, 4) is 0 Å². The molecule has 24 aliphatic rings. The monoisotopic (exact) mass is 1600 g/mol. The van der Waals surface area contributed by atoms with Gasteiger partial charge in [0.05, 0.1) is 147 Å². The number of fused-ring (bicyclic) bond motifs is 1. The standard InChI is InChI=1S/C67H120O42/c1-26(68)12-89-19-34-33-10-8-9-11-96-61-49(83)42(76)55(35(98-61)20-90-13-27(2)69)105-63-51(85)44(78)57(37(100-63)22-92-15-29(4)71)107-65-53(87)46(80)59(39(102-65)24-94-17-31(6)73)109-67-54(88)47(81)60(40(103-67)25-95-18-32(7)74)108-66-52(86)45(79)58(38(101-66)23-93-16-30(5)72)106-64-50(84)43(77)56(36(99-64)21-91-14-28(3)70)104-62(97-34)48(82)41(33)75/h26-88H,8-25H2,1-7H3. The lowest BCUT2D eigenvalue weighted by molar-refractivity contribution is -0.399. The third-order valence-corrected chi connectivity index (χ3v) is 19.1. The third kappa shape index (κ3) is 25.7. The van der Waals surface area contributed by atoms with Gasteiger partial charge in [-0.05, 0) is 61.3 Å². The van der Waals surface area contributed by atoms with E-state index in [1.807, 2.05) is 0 Å². The van der Waals surface area contributed by atoms with E-state index in [4.69, 9.17) is 99.5 Å². The molecule has 24 saturated heterocycles. The van der Waals surface area contributed by atoms with Crippen LogP contribution in [0.5, 0.6) is 0 Å². The molecule has 0 radical (unpaired) electrons. The molecule has 109 heavy (non-hydrogen) atoms. The Labute approximate surface area is 629 Å². The van der Waals surface area contributed by atoms with Gasteiger partial charge in [0.15, 0.2) is 44.0 Å². The van der Waals surface area contributed by atoms with E-state index in [0.717, 1.165) is 0 Å². The van der Waals surface area contributed by atoms with Gasteiger partial charge in [-0.25, -0.2) is 0 Å². The van der Waals surface area contributed by atoms with Crippen LogP contribution in [-0.2, 0) is 99.5 Å². The maximum atomic E-state index is 12.1. The Balaban J connectivity index is 1.14. The van der Waals surface area contributed by atoms with E-state index >= 15 is 0 Å². The Hall–Kier alpha value is -1.68. The molecule has 0 saturated carbocycles. The third-order valence-electron chi connectivity index (χ3n) is 19.1. The Kier molecular flexibility index (Phi) is 37.7. The minimum absolute atomic E-state index is 0.0603. The molecule has 640 valence electrons. The number of aliphatic hydroxyl groups excluding tert-OH is 21. The van der Waals surface area contributed by atoms with Gasteiger partial charge in [-0.3, -0.25) is 0 Å². The van der Waals surface area contributed by atoms with Gasteiger partial charge >= 0.3 is 0 Å². The molecule has 42 unspecified atom stereocenters. The summed E-state index contributed by atoms with van der Waals surface area (Å²) >= 11 is 0. The quantitative estimate of drug-likeness (QED) is 0.0346. The average Bonchev–Trinajstić information content (AvgIpc) is 0.778. The molecule has 0 aromatic carbocycles. The van der Waals surface area contributed by atoms with E-state index in [1.165, 1.54) is 48.5 Å². The van der Waals surface area contributed by atoms with Crippen molar-refractivity contribution >= 4 is 0 Å². The number of ether oxygens (including phenoxy) is 21. The minimum Gasteiger partial charge on any atom is -0.391 e. The molecule has 14 bridgehead atoms. The van der Waals surface area contributed by atoms with Crippen LogP contribution in [0.4, 0.5) is 0 Å². The molecular formula is C67H120O42. The summed E-state index contributed by atoms with van der Waals surface area (Å²) in [7, 11) is 0.